The summed E-state index contributed by atoms with van der Waals surface area (Å²) in [6.07, 6.45) is 20.9. The van der Waals surface area contributed by atoms with E-state index in [0.717, 1.165) is 56.5 Å². The van der Waals surface area contributed by atoms with Gasteiger partial charge in [-0.1, -0.05) is 64.2 Å². The van der Waals surface area contributed by atoms with Crippen molar-refractivity contribution < 1.29 is 4.79 Å². The molecule has 1 N–H and O–H groups in total. The van der Waals surface area contributed by atoms with E-state index >= 15 is 0 Å². The fourth-order valence-corrected chi connectivity index (χ4v) is 5.78. The van der Waals surface area contributed by atoms with Crippen LogP contribution in [0.4, 0.5) is 0 Å². The lowest BCUT2D eigenvalue weighted by Crippen LogP contribution is -2.52. The van der Waals surface area contributed by atoms with Gasteiger partial charge >= 0.3 is 0 Å². The van der Waals surface area contributed by atoms with Crippen molar-refractivity contribution in [3.63, 3.8) is 0 Å². The number of rotatable bonds is 7. The first kappa shape index (κ1) is 25.9. The highest BCUT2D eigenvalue weighted by atomic mass is 35.5. The summed E-state index contributed by atoms with van der Waals surface area (Å²) < 4.78 is 0. The molecular formula is C30H40ClN3O. The Morgan fingerprint density at radius 1 is 1.23 bits per heavy atom. The Balaban J connectivity index is 1.39. The van der Waals surface area contributed by atoms with Crippen LogP contribution in [0.25, 0.3) is 5.57 Å². The number of piperidine rings is 1. The van der Waals surface area contributed by atoms with E-state index in [0.29, 0.717) is 17.4 Å². The summed E-state index contributed by atoms with van der Waals surface area (Å²) in [6, 6.07) is 2.05. The lowest BCUT2D eigenvalue weighted by atomic mass is 9.69. The van der Waals surface area contributed by atoms with Gasteiger partial charge in [-0.2, -0.15) is 0 Å². The number of halogens is 1. The number of likely N-dealkylation sites (tertiary alicyclic amines) is 1. The average Bonchev–Trinajstić information content (AvgIpc) is 2.84. The maximum atomic E-state index is 13.2. The summed E-state index contributed by atoms with van der Waals surface area (Å²) in [6.45, 7) is 12.0. The van der Waals surface area contributed by atoms with Crippen molar-refractivity contribution in [2.24, 2.45) is 17.3 Å². The minimum absolute atomic E-state index is 0.0410. The number of carbonyl (C=O) groups excluding carboxylic acids is 1. The number of nitrogens with one attached hydrogen (secondary N) is 1. The maximum absolute atomic E-state index is 13.2. The van der Waals surface area contributed by atoms with E-state index in [2.05, 4.69) is 79.4 Å². The van der Waals surface area contributed by atoms with Crippen LogP contribution >= 0.6 is 11.6 Å². The molecule has 4 nitrogen and oxygen atoms in total. The van der Waals surface area contributed by atoms with Crippen LogP contribution in [0.5, 0.6) is 0 Å². The van der Waals surface area contributed by atoms with Crippen LogP contribution in [0.3, 0.4) is 0 Å². The zero-order valence-corrected chi connectivity index (χ0v) is 22.4. The average molecular weight is 494 g/mol. The van der Waals surface area contributed by atoms with Crippen LogP contribution in [0.1, 0.15) is 69.3 Å². The fourth-order valence-electron chi connectivity index (χ4n) is 5.61. The van der Waals surface area contributed by atoms with Gasteiger partial charge in [0.05, 0.1) is 10.9 Å². The molecule has 35 heavy (non-hydrogen) atoms. The van der Waals surface area contributed by atoms with Crippen LogP contribution < -0.4 is 5.32 Å². The molecule has 0 aromatic carbocycles. The quantitative estimate of drug-likeness (QED) is 0.446. The summed E-state index contributed by atoms with van der Waals surface area (Å²) >= 11 is 6.25. The summed E-state index contributed by atoms with van der Waals surface area (Å²) in [4.78, 5) is 20.1. The molecule has 1 unspecified atom stereocenters. The molecule has 2 heterocycles. The van der Waals surface area contributed by atoms with Gasteiger partial charge in [0, 0.05) is 37.1 Å². The zero-order chi connectivity index (χ0) is 25.0. The highest BCUT2D eigenvalue weighted by Crippen LogP contribution is 2.41. The Bertz CT molecular complexity index is 1040. The van der Waals surface area contributed by atoms with E-state index in [1.807, 2.05) is 12.3 Å². The second-order valence-electron chi connectivity index (χ2n) is 11.3. The minimum atomic E-state index is -0.0410. The highest BCUT2D eigenvalue weighted by molar-refractivity contribution is 6.22. The van der Waals surface area contributed by atoms with E-state index < -0.39 is 0 Å². The maximum Gasteiger partial charge on any atom is 0.253 e. The van der Waals surface area contributed by atoms with Gasteiger partial charge in [0.1, 0.15) is 0 Å². The zero-order valence-electron chi connectivity index (χ0n) is 21.6. The van der Waals surface area contributed by atoms with Crippen LogP contribution in [0.15, 0.2) is 60.5 Å². The van der Waals surface area contributed by atoms with Crippen molar-refractivity contribution in [1.29, 1.82) is 0 Å². The van der Waals surface area contributed by atoms with Crippen molar-refractivity contribution in [2.45, 2.75) is 64.8 Å². The third-order valence-electron chi connectivity index (χ3n) is 7.69. The Kier molecular flexibility index (Phi) is 8.34. The van der Waals surface area contributed by atoms with Gasteiger partial charge < -0.3 is 10.2 Å². The largest absolute Gasteiger partial charge is 0.348 e. The van der Waals surface area contributed by atoms with Gasteiger partial charge in [-0.25, -0.2) is 0 Å². The van der Waals surface area contributed by atoms with Gasteiger partial charge in [0.2, 0.25) is 0 Å². The van der Waals surface area contributed by atoms with Crippen LogP contribution in [-0.2, 0) is 0 Å². The number of allylic oxidation sites excluding steroid dienone is 8. The Labute approximate surface area is 216 Å². The SMILES string of the molecule is CC(C)[C@H](CN1CC[C@H](C2=CCC(Cl)C=C2)C(C)(C)C1)NC(=O)c1cncc(C2=CCCC=C2)c1. The van der Waals surface area contributed by atoms with Crippen LogP contribution in [0.2, 0.25) is 0 Å². The third-order valence-corrected chi connectivity index (χ3v) is 8.02. The number of nitrogens with zero attached hydrogens (tertiary/aromatic N) is 2. The first-order valence-corrected chi connectivity index (χ1v) is 13.5. The summed E-state index contributed by atoms with van der Waals surface area (Å²) in [5, 5.41) is 3.45. The van der Waals surface area contributed by atoms with Crippen LogP contribution in [0, 0.1) is 17.3 Å². The molecule has 1 aliphatic heterocycles. The molecule has 4 rings (SSSR count). The number of hydrogen-bond donors (Lipinski definition) is 1. The number of hydrogen-bond acceptors (Lipinski definition) is 3. The molecule has 2 aliphatic carbocycles. The van der Waals surface area contributed by atoms with Crippen molar-refractivity contribution >= 4 is 23.1 Å². The van der Waals surface area contributed by atoms with E-state index in [1.54, 1.807) is 6.20 Å². The van der Waals surface area contributed by atoms with Crippen molar-refractivity contribution in [3.05, 3.63) is 71.6 Å². The molecule has 188 valence electrons. The normalized spacial score (nSPS) is 25.2. The summed E-state index contributed by atoms with van der Waals surface area (Å²) in [5.74, 6) is 0.841. The van der Waals surface area contributed by atoms with Gasteiger partial charge in [0.25, 0.3) is 5.91 Å². The van der Waals surface area contributed by atoms with Crippen molar-refractivity contribution in [3.8, 4) is 0 Å². The summed E-state index contributed by atoms with van der Waals surface area (Å²) in [7, 11) is 0. The number of aromatic nitrogens is 1. The number of alkyl halides is 1. The van der Waals surface area contributed by atoms with E-state index in [-0.39, 0.29) is 22.7 Å². The minimum Gasteiger partial charge on any atom is -0.348 e. The van der Waals surface area contributed by atoms with Gasteiger partial charge in [-0.3, -0.25) is 9.78 Å². The fraction of sp³-hybridized carbons (Fsp3) is 0.533. The molecular weight excluding hydrogens is 454 g/mol. The van der Waals surface area contributed by atoms with E-state index in [9.17, 15) is 4.79 Å². The second-order valence-corrected chi connectivity index (χ2v) is 11.9. The first-order valence-electron chi connectivity index (χ1n) is 13.1. The molecule has 1 amide bonds. The lowest BCUT2D eigenvalue weighted by molar-refractivity contribution is 0.0607. The molecule has 0 saturated carbocycles. The van der Waals surface area contributed by atoms with E-state index in [1.165, 1.54) is 5.57 Å². The highest BCUT2D eigenvalue weighted by Gasteiger charge is 2.38. The molecule has 5 heteroatoms. The van der Waals surface area contributed by atoms with Crippen molar-refractivity contribution in [1.82, 2.24) is 15.2 Å². The second kappa shape index (κ2) is 11.3. The first-order chi connectivity index (χ1) is 16.7. The van der Waals surface area contributed by atoms with Gasteiger partial charge in [-0.15, -0.1) is 11.6 Å². The molecule has 1 aromatic rings. The number of pyridine rings is 1. The molecule has 3 atom stereocenters. The molecule has 0 spiro atoms. The lowest BCUT2D eigenvalue weighted by Gasteiger charge is -2.46. The summed E-state index contributed by atoms with van der Waals surface area (Å²) in [5.41, 5.74) is 4.38. The Morgan fingerprint density at radius 3 is 2.71 bits per heavy atom. The van der Waals surface area contributed by atoms with Gasteiger partial charge in [0.15, 0.2) is 0 Å². The molecule has 1 aromatic heterocycles. The standard InChI is InChI=1S/C30H40ClN3O/c1-21(2)28(33-29(35)25-16-24(17-32-18-25)22-8-6-5-7-9-22)19-34-15-14-27(30(3,4)20-34)23-10-12-26(31)13-11-23/h6,8-12,16-18,21,26-28H,5,7,13-15,19-20H2,1-4H3,(H,33,35)/t26?,27-,28+/m1/s1. The smallest absolute Gasteiger partial charge is 0.253 e. The predicted octanol–water partition coefficient (Wildman–Crippen LogP) is 6.41. The molecule has 0 radical (unpaired) electrons. The van der Waals surface area contributed by atoms with Crippen LogP contribution in [-0.4, -0.2) is 46.8 Å². The number of amides is 1. The van der Waals surface area contributed by atoms with Crippen molar-refractivity contribution in [2.75, 3.05) is 19.6 Å². The topological polar surface area (TPSA) is 45.2 Å². The number of carbonyl (C=O) groups is 1. The monoisotopic (exact) mass is 493 g/mol. The molecule has 0 bridgehead atoms. The van der Waals surface area contributed by atoms with Gasteiger partial charge in [-0.05, 0) is 66.7 Å². The Morgan fingerprint density at radius 2 is 2.06 bits per heavy atom. The molecule has 3 aliphatic rings. The molecule has 1 saturated heterocycles. The molecule has 1 fully saturated rings. The predicted molar refractivity (Wildman–Crippen MR) is 146 cm³/mol. The Hall–Kier alpha value is -2.17. The third kappa shape index (κ3) is 6.54. The van der Waals surface area contributed by atoms with E-state index in [4.69, 9.17) is 11.6 Å².